The lowest BCUT2D eigenvalue weighted by atomic mass is 9.90. The summed E-state index contributed by atoms with van der Waals surface area (Å²) in [7, 11) is 4.11. The van der Waals surface area contributed by atoms with Gasteiger partial charge in [0.25, 0.3) is 0 Å². The van der Waals surface area contributed by atoms with Crippen LogP contribution in [0.2, 0.25) is 0 Å². The Morgan fingerprint density at radius 3 is 2.79 bits per heavy atom. The van der Waals surface area contributed by atoms with Gasteiger partial charge in [0.05, 0.1) is 10.7 Å². The number of likely N-dealkylation sites (N-methyl/N-ethyl adjacent to an activating group) is 2. The molecule has 1 aliphatic heterocycles. The fourth-order valence-corrected chi connectivity index (χ4v) is 5.08. The monoisotopic (exact) mass is 459 g/mol. The molecule has 1 N–H and O–H groups in total. The van der Waals surface area contributed by atoms with Crippen LogP contribution in [0, 0.1) is 11.3 Å². The zero-order chi connectivity index (χ0) is 20.5. The van der Waals surface area contributed by atoms with Crippen LogP contribution < -0.4 is 5.32 Å². The Morgan fingerprint density at radius 2 is 2.14 bits per heavy atom. The number of carbonyl (C=O) groups excluding carboxylic acids is 1. The molecule has 1 atom stereocenters. The molecule has 0 radical (unpaired) electrons. The maximum Gasteiger partial charge on any atom is 0.222 e. The molecule has 2 aliphatic rings. The van der Waals surface area contributed by atoms with E-state index in [1.54, 1.807) is 12.3 Å². The van der Waals surface area contributed by atoms with Crippen LogP contribution in [0.4, 0.5) is 5.82 Å². The van der Waals surface area contributed by atoms with Crippen LogP contribution in [-0.4, -0.2) is 59.5 Å². The number of amides is 1. The molecule has 1 unspecified atom stereocenters. The van der Waals surface area contributed by atoms with Gasteiger partial charge in [-0.25, -0.2) is 4.98 Å². The Labute approximate surface area is 179 Å². The maximum atomic E-state index is 11.8. The van der Waals surface area contributed by atoms with Gasteiger partial charge < -0.3 is 19.5 Å². The molecule has 7 nitrogen and oxygen atoms in total. The summed E-state index contributed by atoms with van der Waals surface area (Å²) >= 11 is 3.61. The number of halogens is 1. The zero-order valence-electron chi connectivity index (χ0n) is 16.8. The van der Waals surface area contributed by atoms with Gasteiger partial charge in [-0.2, -0.15) is 5.26 Å². The van der Waals surface area contributed by atoms with Crippen molar-refractivity contribution in [3.8, 4) is 6.07 Å². The Morgan fingerprint density at radius 1 is 1.38 bits per heavy atom. The molecule has 1 aliphatic carbocycles. The van der Waals surface area contributed by atoms with Gasteiger partial charge in [-0.15, -0.1) is 0 Å². The molecule has 29 heavy (non-hydrogen) atoms. The van der Waals surface area contributed by atoms with E-state index in [9.17, 15) is 4.79 Å². The van der Waals surface area contributed by atoms with Crippen LogP contribution in [-0.2, 0) is 4.79 Å². The summed E-state index contributed by atoms with van der Waals surface area (Å²) in [5, 5.41) is 13.5. The van der Waals surface area contributed by atoms with Crippen LogP contribution in [0.5, 0.6) is 0 Å². The van der Waals surface area contributed by atoms with Crippen LogP contribution in [0.15, 0.2) is 21.2 Å². The predicted octanol–water partition coefficient (Wildman–Crippen LogP) is 3.74. The lowest BCUT2D eigenvalue weighted by Crippen LogP contribution is -2.44. The van der Waals surface area contributed by atoms with E-state index in [-0.39, 0.29) is 11.7 Å². The lowest BCUT2D eigenvalue weighted by Gasteiger charge is -2.37. The Kier molecular flexibility index (Phi) is 5.79. The minimum Gasteiger partial charge on any atom is -0.444 e. The van der Waals surface area contributed by atoms with Crippen molar-refractivity contribution in [3.05, 3.63) is 22.5 Å². The molecule has 0 spiro atoms. The first-order chi connectivity index (χ1) is 14.0. The molecule has 3 heterocycles. The van der Waals surface area contributed by atoms with E-state index < -0.39 is 0 Å². The molecular weight excluding hydrogens is 434 g/mol. The summed E-state index contributed by atoms with van der Waals surface area (Å²) in [6.45, 7) is 0.955. The van der Waals surface area contributed by atoms with Gasteiger partial charge in [0.1, 0.15) is 11.9 Å². The fourth-order valence-electron chi connectivity index (χ4n) is 4.55. The van der Waals surface area contributed by atoms with Gasteiger partial charge in [-0.05, 0) is 55.1 Å². The molecule has 1 amide bonds. The van der Waals surface area contributed by atoms with E-state index in [0.29, 0.717) is 30.1 Å². The van der Waals surface area contributed by atoms with Crippen molar-refractivity contribution >= 4 is 38.6 Å². The van der Waals surface area contributed by atoms with Crippen molar-refractivity contribution in [1.82, 2.24) is 14.8 Å². The minimum absolute atomic E-state index is 0.269. The van der Waals surface area contributed by atoms with Gasteiger partial charge >= 0.3 is 0 Å². The van der Waals surface area contributed by atoms with E-state index in [1.165, 1.54) is 0 Å². The molecule has 8 heteroatoms. The van der Waals surface area contributed by atoms with Crippen molar-refractivity contribution in [2.45, 2.75) is 56.7 Å². The van der Waals surface area contributed by atoms with Crippen molar-refractivity contribution in [3.63, 3.8) is 0 Å². The van der Waals surface area contributed by atoms with E-state index in [2.05, 4.69) is 38.2 Å². The lowest BCUT2D eigenvalue weighted by molar-refractivity contribution is -0.127. The van der Waals surface area contributed by atoms with Crippen molar-refractivity contribution in [2.75, 3.05) is 26.0 Å². The Balaban J connectivity index is 1.33. The van der Waals surface area contributed by atoms with Crippen LogP contribution >= 0.6 is 15.9 Å². The molecule has 0 aromatic carbocycles. The van der Waals surface area contributed by atoms with Crippen LogP contribution in [0.25, 0.3) is 11.0 Å². The van der Waals surface area contributed by atoms with Crippen molar-refractivity contribution in [1.29, 1.82) is 5.26 Å². The minimum atomic E-state index is 0.269. The molecule has 1 saturated carbocycles. The van der Waals surface area contributed by atoms with Gasteiger partial charge in [0.15, 0.2) is 5.58 Å². The number of furan rings is 1. The van der Waals surface area contributed by atoms with E-state index in [4.69, 9.17) is 9.68 Å². The predicted molar refractivity (Wildman–Crippen MR) is 115 cm³/mol. The third-order valence-electron chi connectivity index (χ3n) is 6.42. The average molecular weight is 460 g/mol. The third kappa shape index (κ3) is 4.12. The van der Waals surface area contributed by atoms with Gasteiger partial charge in [-0.3, -0.25) is 4.79 Å². The first-order valence-corrected chi connectivity index (χ1v) is 11.0. The Bertz CT molecular complexity index is 944. The third-order valence-corrected chi connectivity index (χ3v) is 7.22. The second-order valence-electron chi connectivity index (χ2n) is 8.21. The number of hydrogen-bond acceptors (Lipinski definition) is 6. The second-order valence-corrected chi connectivity index (χ2v) is 9.00. The first kappa shape index (κ1) is 20.2. The molecule has 4 rings (SSSR count). The van der Waals surface area contributed by atoms with Gasteiger partial charge in [0.2, 0.25) is 11.7 Å². The molecule has 0 bridgehead atoms. The van der Waals surface area contributed by atoms with Gasteiger partial charge in [0, 0.05) is 49.6 Å². The Hall–Kier alpha value is -2.11. The SMILES string of the molecule is CN(CC1CCC(=O)N1C)C1CCC(Nc2ncc3oc(C#N)cc3c2Br)CC1. The normalized spacial score (nSPS) is 25.0. The molecule has 1 saturated heterocycles. The summed E-state index contributed by atoms with van der Waals surface area (Å²) in [6, 6.07) is 5.05. The molecular formula is C21H26BrN5O2. The summed E-state index contributed by atoms with van der Waals surface area (Å²) in [5.41, 5.74) is 0.611. The number of likely N-dealkylation sites (tertiary alicyclic amines) is 1. The summed E-state index contributed by atoms with van der Waals surface area (Å²) in [5.74, 6) is 1.36. The number of fused-ring (bicyclic) bond motifs is 1. The number of rotatable bonds is 5. The zero-order valence-corrected chi connectivity index (χ0v) is 18.4. The summed E-state index contributed by atoms with van der Waals surface area (Å²) < 4.78 is 6.28. The number of nitrogens with one attached hydrogen (secondary N) is 1. The van der Waals surface area contributed by atoms with E-state index in [1.807, 2.05) is 18.0 Å². The largest absolute Gasteiger partial charge is 0.444 e. The molecule has 2 aromatic heterocycles. The maximum absolute atomic E-state index is 11.8. The second kappa shape index (κ2) is 8.33. The highest BCUT2D eigenvalue weighted by atomic mass is 79.9. The first-order valence-electron chi connectivity index (χ1n) is 10.2. The van der Waals surface area contributed by atoms with E-state index in [0.717, 1.165) is 54.3 Å². The number of aromatic nitrogens is 1. The molecule has 2 aromatic rings. The summed E-state index contributed by atoms with van der Waals surface area (Å²) in [4.78, 5) is 20.6. The number of nitrogens with zero attached hydrogens (tertiary/aromatic N) is 4. The standard InChI is InChI=1S/C21H26BrN5O2/c1-26(12-15-7-8-19(28)27(15)2)14-5-3-13(4-6-14)25-21-20(22)17-9-16(10-23)29-18(17)11-24-21/h9,11,13-15H,3-8,12H2,1-2H3,(H,24,25). The van der Waals surface area contributed by atoms with Crippen molar-refractivity contribution < 1.29 is 9.21 Å². The average Bonchev–Trinajstić information content (AvgIpc) is 3.29. The van der Waals surface area contributed by atoms with Crippen LogP contribution in [0.3, 0.4) is 0 Å². The fraction of sp³-hybridized carbons (Fsp3) is 0.571. The number of nitriles is 1. The highest BCUT2D eigenvalue weighted by molar-refractivity contribution is 9.10. The van der Waals surface area contributed by atoms with Crippen LogP contribution in [0.1, 0.15) is 44.3 Å². The summed E-state index contributed by atoms with van der Waals surface area (Å²) in [6.07, 6.45) is 7.74. The highest BCUT2D eigenvalue weighted by Gasteiger charge is 2.31. The number of carbonyl (C=O) groups is 1. The number of hydrogen-bond donors (Lipinski definition) is 1. The number of anilines is 1. The van der Waals surface area contributed by atoms with Gasteiger partial charge in [-0.1, -0.05) is 0 Å². The molecule has 2 fully saturated rings. The topological polar surface area (TPSA) is 85.4 Å². The number of pyridine rings is 1. The quantitative estimate of drug-likeness (QED) is 0.732. The highest BCUT2D eigenvalue weighted by Crippen LogP contribution is 2.33. The van der Waals surface area contributed by atoms with Crippen molar-refractivity contribution in [2.24, 2.45) is 0 Å². The smallest absolute Gasteiger partial charge is 0.222 e. The van der Waals surface area contributed by atoms with E-state index >= 15 is 0 Å². The molecule has 154 valence electrons.